The number of hydrogen-bond acceptors (Lipinski definition) is 1. The predicted octanol–water partition coefficient (Wildman–Crippen LogP) is 7.45. The highest BCUT2D eigenvalue weighted by Crippen LogP contribution is 2.13. The zero-order valence-corrected chi connectivity index (χ0v) is 19.2. The van der Waals surface area contributed by atoms with E-state index >= 15 is 0 Å². The highest BCUT2D eigenvalue weighted by Gasteiger charge is 1.95. The Hall–Kier alpha value is -1.33. The lowest BCUT2D eigenvalue weighted by Gasteiger charge is -2.04. The number of aromatic nitrogens is 1. The molecule has 1 aromatic rings. The Labute approximate surface area is 181 Å². The second kappa shape index (κ2) is 21.4. The third kappa shape index (κ3) is 18.4. The molecule has 0 aliphatic rings. The monoisotopic (exact) mass is 400 g/mol. The van der Waals surface area contributed by atoms with Crippen molar-refractivity contribution in [1.82, 2.24) is 0 Å². The first kappa shape index (κ1) is 25.7. The highest BCUT2D eigenvalue weighted by molar-refractivity contribution is 4.92. The number of unbranched alkanes of at least 4 members (excludes halogenated alkanes) is 15. The maximum Gasteiger partial charge on any atom is 0.228 e. The van der Waals surface area contributed by atoms with E-state index < -0.39 is 0 Å². The summed E-state index contributed by atoms with van der Waals surface area (Å²) in [4.78, 5) is 0. The normalized spacial score (nSPS) is 10.7. The summed E-state index contributed by atoms with van der Waals surface area (Å²) in [6.07, 6.45) is 27.3. The van der Waals surface area contributed by atoms with E-state index in [2.05, 4.69) is 18.9 Å². The Balaban J connectivity index is 1.71. The van der Waals surface area contributed by atoms with Crippen molar-refractivity contribution in [3.05, 3.63) is 30.6 Å². The first-order chi connectivity index (χ1) is 14.4. The van der Waals surface area contributed by atoms with E-state index in [1.54, 1.807) is 0 Å². The predicted molar refractivity (Wildman–Crippen MR) is 125 cm³/mol. The zero-order valence-electron chi connectivity index (χ0n) is 19.2. The summed E-state index contributed by atoms with van der Waals surface area (Å²) in [5.41, 5.74) is 0. The highest BCUT2D eigenvalue weighted by atomic mass is 16.5. The molecule has 2 nitrogen and oxygen atoms in total. The van der Waals surface area contributed by atoms with E-state index in [4.69, 9.17) is 4.74 Å². The van der Waals surface area contributed by atoms with Gasteiger partial charge in [-0.3, -0.25) is 0 Å². The van der Waals surface area contributed by atoms with Crippen LogP contribution < -0.4 is 4.57 Å². The number of pyridine rings is 1. The topological polar surface area (TPSA) is 13.1 Å². The maximum absolute atomic E-state index is 5.68. The Kier molecular flexibility index (Phi) is 19.0. The van der Waals surface area contributed by atoms with Gasteiger partial charge in [-0.1, -0.05) is 109 Å². The Morgan fingerprint density at radius 2 is 1.07 bits per heavy atom. The fourth-order valence-electron chi connectivity index (χ4n) is 3.60. The van der Waals surface area contributed by atoms with E-state index in [-0.39, 0.29) is 0 Å². The molecule has 0 aromatic carbocycles. The van der Waals surface area contributed by atoms with Crippen molar-refractivity contribution in [2.24, 2.45) is 0 Å². The molecule has 2 heteroatoms. The van der Waals surface area contributed by atoms with Gasteiger partial charge < -0.3 is 4.74 Å². The average Bonchev–Trinajstić information content (AvgIpc) is 2.75. The molecule has 0 unspecified atom stereocenters. The number of hydrogen-bond donors (Lipinski definition) is 0. The van der Waals surface area contributed by atoms with Gasteiger partial charge in [-0.15, -0.1) is 4.57 Å². The molecular formula is C27H46NO+. The van der Waals surface area contributed by atoms with Gasteiger partial charge in [0.15, 0.2) is 12.4 Å². The summed E-state index contributed by atoms with van der Waals surface area (Å²) >= 11 is 0. The van der Waals surface area contributed by atoms with E-state index in [1.165, 1.54) is 103 Å². The quantitative estimate of drug-likeness (QED) is 0.133. The second-order valence-corrected chi connectivity index (χ2v) is 8.24. The van der Waals surface area contributed by atoms with Crippen molar-refractivity contribution < 1.29 is 9.30 Å². The molecule has 164 valence electrons. The number of rotatable bonds is 19. The molecule has 0 bridgehead atoms. The van der Waals surface area contributed by atoms with E-state index in [9.17, 15) is 0 Å². The fraction of sp³-hybridized carbons (Fsp3) is 0.741. The van der Waals surface area contributed by atoms with Crippen molar-refractivity contribution in [2.45, 2.75) is 116 Å². The Morgan fingerprint density at radius 3 is 1.59 bits per heavy atom. The molecule has 29 heavy (non-hydrogen) atoms. The molecule has 0 radical (unpaired) electrons. The lowest BCUT2D eigenvalue weighted by Crippen LogP contribution is -2.25. The maximum atomic E-state index is 5.68. The summed E-state index contributed by atoms with van der Waals surface area (Å²) < 4.78 is 7.56. The minimum Gasteiger partial charge on any atom is -0.380 e. The summed E-state index contributed by atoms with van der Waals surface area (Å²) in [6, 6.07) is 9.07. The van der Waals surface area contributed by atoms with Crippen LogP contribution in [0.2, 0.25) is 0 Å². The molecule has 1 rings (SSSR count). The summed E-state index contributed by atoms with van der Waals surface area (Å²) in [5, 5.41) is 0. The third-order valence-corrected chi connectivity index (χ3v) is 5.44. The van der Waals surface area contributed by atoms with Crippen molar-refractivity contribution in [1.29, 1.82) is 0 Å². The van der Waals surface area contributed by atoms with Crippen molar-refractivity contribution in [3.8, 4) is 12.0 Å². The van der Waals surface area contributed by atoms with E-state index in [0.717, 1.165) is 19.6 Å². The minimum atomic E-state index is 0.749. The van der Waals surface area contributed by atoms with Crippen LogP contribution in [-0.4, -0.2) is 13.2 Å². The van der Waals surface area contributed by atoms with Crippen molar-refractivity contribution in [2.75, 3.05) is 13.2 Å². The Morgan fingerprint density at radius 1 is 0.586 bits per heavy atom. The average molecular weight is 401 g/mol. The molecule has 0 aliphatic heterocycles. The van der Waals surface area contributed by atoms with Crippen LogP contribution in [0.1, 0.15) is 116 Å². The molecule has 1 aromatic heterocycles. The first-order valence-electron chi connectivity index (χ1n) is 12.5. The lowest BCUT2D eigenvalue weighted by atomic mass is 10.0. The van der Waals surface area contributed by atoms with Crippen LogP contribution in [0, 0.1) is 12.0 Å². The molecule has 0 spiro atoms. The van der Waals surface area contributed by atoms with Gasteiger partial charge in [0.2, 0.25) is 6.04 Å². The van der Waals surface area contributed by atoms with Gasteiger partial charge in [-0.05, 0) is 12.3 Å². The van der Waals surface area contributed by atoms with Gasteiger partial charge in [0, 0.05) is 25.2 Å². The van der Waals surface area contributed by atoms with Crippen molar-refractivity contribution in [3.63, 3.8) is 0 Å². The molecule has 0 saturated carbocycles. The van der Waals surface area contributed by atoms with Gasteiger partial charge in [-0.25, -0.2) is 0 Å². The van der Waals surface area contributed by atoms with Crippen molar-refractivity contribution >= 4 is 0 Å². The Bertz CT molecular complexity index is 502. The summed E-state index contributed by atoms with van der Waals surface area (Å²) in [6.45, 7) is 3.93. The third-order valence-electron chi connectivity index (χ3n) is 5.44. The van der Waals surface area contributed by atoms with Gasteiger partial charge in [0.25, 0.3) is 0 Å². The van der Waals surface area contributed by atoms with Gasteiger partial charge in [-0.2, -0.15) is 0 Å². The molecule has 0 atom stereocenters. The second-order valence-electron chi connectivity index (χ2n) is 8.24. The zero-order chi connectivity index (χ0) is 20.7. The van der Waals surface area contributed by atoms with Gasteiger partial charge in [0.1, 0.15) is 0 Å². The number of ether oxygens (including phenoxy) is 1. The molecule has 0 aliphatic carbocycles. The van der Waals surface area contributed by atoms with Crippen LogP contribution >= 0.6 is 0 Å². The first-order valence-corrected chi connectivity index (χ1v) is 12.5. The summed E-state index contributed by atoms with van der Waals surface area (Å²) in [5.74, 6) is 3.15. The largest absolute Gasteiger partial charge is 0.380 e. The smallest absolute Gasteiger partial charge is 0.228 e. The molecule has 0 amide bonds. The van der Waals surface area contributed by atoms with Crippen LogP contribution in [0.4, 0.5) is 0 Å². The van der Waals surface area contributed by atoms with Crippen LogP contribution in [0.5, 0.6) is 0 Å². The van der Waals surface area contributed by atoms with Crippen LogP contribution in [0.25, 0.3) is 0 Å². The fourth-order valence-corrected chi connectivity index (χ4v) is 3.60. The van der Waals surface area contributed by atoms with Gasteiger partial charge in [0.05, 0.1) is 6.61 Å². The molecule has 0 saturated heterocycles. The van der Waals surface area contributed by atoms with Crippen LogP contribution in [-0.2, 0) is 4.74 Å². The summed E-state index contributed by atoms with van der Waals surface area (Å²) in [7, 11) is 0. The van der Waals surface area contributed by atoms with Crippen LogP contribution in [0.15, 0.2) is 30.6 Å². The molecule has 0 N–H and O–H groups in total. The SMILES string of the molecule is CCCCCCCCCCCCCCCCCCOCCC#C[n+]1ccccc1. The molecule has 0 fully saturated rings. The number of nitrogens with zero attached hydrogens (tertiary/aromatic N) is 1. The standard InChI is InChI=1S/C27H46NO/c1-2-3-4-5-6-7-8-9-10-11-12-13-14-15-16-21-26-29-27-22-20-25-28-23-18-17-19-24-28/h17-19,23-24H,2-16,21-22,26-27H2,1H3/q+1. The molecular weight excluding hydrogens is 354 g/mol. The minimum absolute atomic E-state index is 0.749. The van der Waals surface area contributed by atoms with Gasteiger partial charge >= 0.3 is 0 Å². The van der Waals surface area contributed by atoms with E-state index in [0.29, 0.717) is 0 Å². The van der Waals surface area contributed by atoms with Crippen LogP contribution in [0.3, 0.4) is 0 Å². The lowest BCUT2D eigenvalue weighted by molar-refractivity contribution is -0.583. The van der Waals surface area contributed by atoms with E-state index in [1.807, 2.05) is 35.2 Å². The molecule has 1 heterocycles.